The monoisotopic (exact) mass is 384 g/mol. The molecular formula is C14H13BrN2O2S2. The zero-order valence-corrected chi connectivity index (χ0v) is 14.3. The van der Waals surface area contributed by atoms with Gasteiger partial charge in [0.05, 0.1) is 22.3 Å². The summed E-state index contributed by atoms with van der Waals surface area (Å²) in [5.41, 5.74) is 0.354. The molecule has 0 aliphatic rings. The second-order valence-corrected chi connectivity index (χ2v) is 8.39. The Bertz CT molecular complexity index is 763. The number of nitrogens with one attached hydrogen (secondary N) is 1. The quantitative estimate of drug-likeness (QED) is 0.777. The Balaban J connectivity index is 1.90. The van der Waals surface area contributed by atoms with Crippen LogP contribution in [0.4, 0.5) is 0 Å². The summed E-state index contributed by atoms with van der Waals surface area (Å²) >= 11 is 4.99. The molecular weight excluding hydrogens is 372 g/mol. The van der Waals surface area contributed by atoms with Crippen molar-refractivity contribution in [3.05, 3.63) is 50.6 Å². The SMILES string of the molecule is N#Cc1cccc(S(=O)(=O)CCNCc2cc(Br)cs2)c1. The molecule has 110 valence electrons. The van der Waals surface area contributed by atoms with E-state index in [1.165, 1.54) is 12.1 Å². The number of thiophene rings is 1. The van der Waals surface area contributed by atoms with Gasteiger partial charge in [-0.05, 0) is 40.2 Å². The largest absolute Gasteiger partial charge is 0.311 e. The molecule has 0 bridgehead atoms. The summed E-state index contributed by atoms with van der Waals surface area (Å²) in [5, 5.41) is 13.9. The summed E-state index contributed by atoms with van der Waals surface area (Å²) in [5.74, 6) is 0.00836. The minimum Gasteiger partial charge on any atom is -0.311 e. The molecule has 0 fully saturated rings. The lowest BCUT2D eigenvalue weighted by atomic mass is 10.2. The molecule has 0 atom stereocenters. The first-order chi connectivity index (χ1) is 10.0. The van der Waals surface area contributed by atoms with E-state index in [0.717, 1.165) is 9.35 Å². The summed E-state index contributed by atoms with van der Waals surface area (Å²) in [7, 11) is -3.36. The van der Waals surface area contributed by atoms with Crippen LogP contribution in [0, 0.1) is 11.3 Å². The molecule has 1 N–H and O–H groups in total. The van der Waals surface area contributed by atoms with Crippen molar-refractivity contribution in [2.45, 2.75) is 11.4 Å². The fourth-order valence-corrected chi connectivity index (χ4v) is 4.40. The highest BCUT2D eigenvalue weighted by molar-refractivity contribution is 9.10. The molecule has 7 heteroatoms. The number of hydrogen-bond donors (Lipinski definition) is 1. The molecule has 4 nitrogen and oxygen atoms in total. The van der Waals surface area contributed by atoms with Crippen molar-refractivity contribution in [1.82, 2.24) is 5.32 Å². The van der Waals surface area contributed by atoms with Crippen LogP contribution >= 0.6 is 27.3 Å². The summed E-state index contributed by atoms with van der Waals surface area (Å²) < 4.78 is 25.4. The Kier molecular flexibility index (Phi) is 5.53. The normalized spacial score (nSPS) is 11.2. The van der Waals surface area contributed by atoms with Gasteiger partial charge in [0, 0.05) is 27.8 Å². The molecule has 1 heterocycles. The third-order valence-electron chi connectivity index (χ3n) is 2.79. The summed E-state index contributed by atoms with van der Waals surface area (Å²) in [6.07, 6.45) is 0. The number of sulfone groups is 1. The molecule has 2 aromatic rings. The fourth-order valence-electron chi connectivity index (χ4n) is 1.74. The van der Waals surface area contributed by atoms with E-state index in [-0.39, 0.29) is 10.6 Å². The smallest absolute Gasteiger partial charge is 0.179 e. The van der Waals surface area contributed by atoms with Gasteiger partial charge in [0.1, 0.15) is 0 Å². The molecule has 2 rings (SSSR count). The minimum atomic E-state index is -3.36. The minimum absolute atomic E-state index is 0.00836. The third kappa shape index (κ3) is 4.64. The maximum absolute atomic E-state index is 12.2. The van der Waals surface area contributed by atoms with Crippen molar-refractivity contribution in [2.24, 2.45) is 0 Å². The van der Waals surface area contributed by atoms with Crippen LogP contribution in [0.1, 0.15) is 10.4 Å². The van der Waals surface area contributed by atoms with Gasteiger partial charge < -0.3 is 5.32 Å². The molecule has 0 saturated carbocycles. The zero-order valence-electron chi connectivity index (χ0n) is 11.0. The molecule has 0 unspecified atom stereocenters. The van der Waals surface area contributed by atoms with E-state index < -0.39 is 9.84 Å². The number of nitriles is 1. The third-order valence-corrected chi connectivity index (χ3v) is 6.20. The van der Waals surface area contributed by atoms with Crippen LogP contribution in [0.2, 0.25) is 0 Å². The molecule has 0 spiro atoms. The number of rotatable bonds is 6. The van der Waals surface area contributed by atoms with Gasteiger partial charge in [0.15, 0.2) is 9.84 Å². The topological polar surface area (TPSA) is 70.0 Å². The van der Waals surface area contributed by atoms with Crippen LogP contribution in [0.15, 0.2) is 45.1 Å². The van der Waals surface area contributed by atoms with Gasteiger partial charge in [0.25, 0.3) is 0 Å². The maximum atomic E-state index is 12.2. The van der Waals surface area contributed by atoms with Crippen molar-refractivity contribution >= 4 is 37.1 Å². The Morgan fingerprint density at radius 3 is 2.81 bits per heavy atom. The van der Waals surface area contributed by atoms with E-state index >= 15 is 0 Å². The molecule has 0 amide bonds. The molecule has 0 saturated heterocycles. The van der Waals surface area contributed by atoms with E-state index in [0.29, 0.717) is 18.7 Å². The number of benzene rings is 1. The van der Waals surface area contributed by atoms with E-state index in [1.54, 1.807) is 23.5 Å². The molecule has 0 radical (unpaired) electrons. The Morgan fingerprint density at radius 2 is 2.14 bits per heavy atom. The first kappa shape index (κ1) is 16.2. The van der Waals surface area contributed by atoms with E-state index in [2.05, 4.69) is 21.2 Å². The van der Waals surface area contributed by atoms with E-state index in [9.17, 15) is 8.42 Å². The fraction of sp³-hybridized carbons (Fsp3) is 0.214. The van der Waals surface area contributed by atoms with E-state index in [4.69, 9.17) is 5.26 Å². The predicted molar refractivity (Wildman–Crippen MR) is 86.9 cm³/mol. The highest BCUT2D eigenvalue weighted by atomic mass is 79.9. The maximum Gasteiger partial charge on any atom is 0.179 e. The zero-order chi connectivity index (χ0) is 15.3. The predicted octanol–water partition coefficient (Wildman–Crippen LogP) is 2.95. The summed E-state index contributed by atoms with van der Waals surface area (Å²) in [6.45, 7) is 1.01. The lowest BCUT2D eigenvalue weighted by Gasteiger charge is -2.06. The van der Waals surface area contributed by atoms with Crippen LogP contribution in [0.25, 0.3) is 0 Å². The first-order valence-corrected chi connectivity index (χ1v) is 9.50. The lowest BCUT2D eigenvalue weighted by molar-refractivity contribution is 0.591. The Morgan fingerprint density at radius 1 is 1.33 bits per heavy atom. The Labute approximate surface area is 136 Å². The average molecular weight is 385 g/mol. The lowest BCUT2D eigenvalue weighted by Crippen LogP contribution is -2.22. The molecule has 1 aromatic heterocycles. The second kappa shape index (κ2) is 7.18. The number of hydrogen-bond acceptors (Lipinski definition) is 5. The Hall–Kier alpha value is -1.20. The van der Waals surface area contributed by atoms with Gasteiger partial charge in [-0.1, -0.05) is 6.07 Å². The molecule has 0 aliphatic heterocycles. The van der Waals surface area contributed by atoms with Crippen LogP contribution in [0.3, 0.4) is 0 Å². The second-order valence-electron chi connectivity index (χ2n) is 4.37. The van der Waals surface area contributed by atoms with Crippen molar-refractivity contribution in [3.63, 3.8) is 0 Å². The van der Waals surface area contributed by atoms with Gasteiger partial charge in [-0.2, -0.15) is 5.26 Å². The summed E-state index contributed by atoms with van der Waals surface area (Å²) in [6, 6.07) is 10.1. The molecule has 1 aromatic carbocycles. The van der Waals surface area contributed by atoms with Gasteiger partial charge in [-0.15, -0.1) is 11.3 Å². The van der Waals surface area contributed by atoms with Gasteiger partial charge in [-0.3, -0.25) is 0 Å². The highest BCUT2D eigenvalue weighted by Crippen LogP contribution is 2.19. The van der Waals surface area contributed by atoms with Crippen molar-refractivity contribution < 1.29 is 8.42 Å². The molecule has 21 heavy (non-hydrogen) atoms. The van der Waals surface area contributed by atoms with Gasteiger partial charge in [-0.25, -0.2) is 8.42 Å². The number of nitrogens with zero attached hydrogens (tertiary/aromatic N) is 1. The van der Waals surface area contributed by atoms with Crippen LogP contribution in [0.5, 0.6) is 0 Å². The van der Waals surface area contributed by atoms with Crippen LogP contribution < -0.4 is 5.32 Å². The van der Waals surface area contributed by atoms with Gasteiger partial charge in [0.2, 0.25) is 0 Å². The standard InChI is InChI=1S/C14H13BrN2O2S2/c15-12-7-13(20-10-12)9-17-4-5-21(18,19)14-3-1-2-11(6-14)8-16/h1-3,6-7,10,17H,4-5,9H2. The summed E-state index contributed by atoms with van der Waals surface area (Å²) in [4.78, 5) is 1.34. The van der Waals surface area contributed by atoms with Crippen molar-refractivity contribution in [3.8, 4) is 6.07 Å². The van der Waals surface area contributed by atoms with Crippen LogP contribution in [-0.4, -0.2) is 20.7 Å². The van der Waals surface area contributed by atoms with Crippen molar-refractivity contribution in [2.75, 3.05) is 12.3 Å². The highest BCUT2D eigenvalue weighted by Gasteiger charge is 2.14. The van der Waals surface area contributed by atoms with Gasteiger partial charge >= 0.3 is 0 Å². The molecule has 0 aliphatic carbocycles. The van der Waals surface area contributed by atoms with Crippen molar-refractivity contribution in [1.29, 1.82) is 5.26 Å². The van der Waals surface area contributed by atoms with E-state index in [1.807, 2.05) is 17.5 Å². The van der Waals surface area contributed by atoms with Crippen LogP contribution in [-0.2, 0) is 16.4 Å². The first-order valence-electron chi connectivity index (χ1n) is 6.18. The number of halogens is 1. The average Bonchev–Trinajstić information content (AvgIpc) is 2.89.